The number of nitrogens with one attached hydrogen (secondary N) is 2. The Morgan fingerprint density at radius 3 is 2.89 bits per heavy atom. The molecule has 6 nitrogen and oxygen atoms in total. The Morgan fingerprint density at radius 2 is 2.11 bits per heavy atom. The summed E-state index contributed by atoms with van der Waals surface area (Å²) >= 11 is 0. The number of aromatic amines is 1. The van der Waals surface area contributed by atoms with Crippen molar-refractivity contribution < 1.29 is 4.79 Å². The number of hydrogen-bond donors (Lipinski definition) is 2. The van der Waals surface area contributed by atoms with Crippen LogP contribution in [0.1, 0.15) is 40.2 Å². The maximum atomic E-state index is 12.0. The lowest BCUT2D eigenvalue weighted by atomic mass is 9.90. The van der Waals surface area contributed by atoms with Crippen molar-refractivity contribution in [2.24, 2.45) is 0 Å². The van der Waals surface area contributed by atoms with Crippen LogP contribution in [0.2, 0.25) is 0 Å². The molecule has 2 N–H and O–H groups in total. The molecule has 98 valence electrons. The van der Waals surface area contributed by atoms with Crippen LogP contribution in [0.5, 0.6) is 0 Å². The van der Waals surface area contributed by atoms with Crippen LogP contribution >= 0.6 is 0 Å². The Bertz CT molecular complexity index is 579. The zero-order valence-corrected chi connectivity index (χ0v) is 10.5. The van der Waals surface area contributed by atoms with Gasteiger partial charge in [-0.25, -0.2) is 0 Å². The van der Waals surface area contributed by atoms with E-state index in [1.165, 1.54) is 24.0 Å². The van der Waals surface area contributed by atoms with Gasteiger partial charge in [0, 0.05) is 5.56 Å². The minimum atomic E-state index is -0.0989. The van der Waals surface area contributed by atoms with Gasteiger partial charge in [0.15, 0.2) is 5.82 Å². The largest absolute Gasteiger partial charge is 0.345 e. The van der Waals surface area contributed by atoms with Crippen molar-refractivity contribution in [3.8, 4) is 0 Å². The monoisotopic (exact) mass is 257 g/mol. The van der Waals surface area contributed by atoms with E-state index in [1.54, 1.807) is 0 Å². The molecular weight excluding hydrogens is 242 g/mol. The molecule has 0 fully saturated rings. The molecule has 3 rings (SSSR count). The number of H-pyrrole nitrogens is 1. The minimum absolute atomic E-state index is 0.0989. The van der Waals surface area contributed by atoms with Gasteiger partial charge in [-0.15, -0.1) is 10.2 Å². The first-order chi connectivity index (χ1) is 9.33. The van der Waals surface area contributed by atoms with Crippen LogP contribution in [0.3, 0.4) is 0 Å². The average Bonchev–Trinajstić information content (AvgIpc) is 2.97. The summed E-state index contributed by atoms with van der Waals surface area (Å²) in [4.78, 5) is 12.0. The fourth-order valence-corrected chi connectivity index (χ4v) is 2.39. The quantitative estimate of drug-likeness (QED) is 0.859. The van der Waals surface area contributed by atoms with E-state index in [0.29, 0.717) is 11.4 Å². The SMILES string of the molecule is O=C(NCc1nn[nH]n1)c1ccc2c(c1)CCCC2. The molecule has 19 heavy (non-hydrogen) atoms. The fraction of sp³-hybridized carbons (Fsp3) is 0.385. The second-order valence-corrected chi connectivity index (χ2v) is 4.70. The van der Waals surface area contributed by atoms with Crippen molar-refractivity contribution in [3.63, 3.8) is 0 Å². The third-order valence-corrected chi connectivity index (χ3v) is 3.41. The topological polar surface area (TPSA) is 83.6 Å². The maximum absolute atomic E-state index is 12.0. The van der Waals surface area contributed by atoms with Gasteiger partial charge in [-0.1, -0.05) is 11.3 Å². The molecule has 0 aliphatic heterocycles. The summed E-state index contributed by atoms with van der Waals surface area (Å²) in [5.74, 6) is 0.379. The van der Waals surface area contributed by atoms with Gasteiger partial charge in [0.1, 0.15) is 0 Å². The van der Waals surface area contributed by atoms with Crippen molar-refractivity contribution >= 4 is 5.91 Å². The first-order valence-corrected chi connectivity index (χ1v) is 6.45. The Hall–Kier alpha value is -2.24. The molecular formula is C13H15N5O. The lowest BCUT2D eigenvalue weighted by Gasteiger charge is -2.16. The van der Waals surface area contributed by atoms with E-state index in [1.807, 2.05) is 12.1 Å². The van der Waals surface area contributed by atoms with Crippen LogP contribution in [0, 0.1) is 0 Å². The fourth-order valence-electron chi connectivity index (χ4n) is 2.39. The number of carbonyl (C=O) groups is 1. The van der Waals surface area contributed by atoms with Crippen LogP contribution in [0.4, 0.5) is 0 Å². The number of rotatable bonds is 3. The van der Waals surface area contributed by atoms with E-state index in [0.717, 1.165) is 12.8 Å². The van der Waals surface area contributed by atoms with Crippen LogP contribution in [-0.2, 0) is 19.4 Å². The summed E-state index contributed by atoms with van der Waals surface area (Å²) in [6, 6.07) is 5.95. The summed E-state index contributed by atoms with van der Waals surface area (Å²) in [7, 11) is 0. The van der Waals surface area contributed by atoms with Crippen molar-refractivity contribution in [1.82, 2.24) is 25.9 Å². The number of benzene rings is 1. The summed E-state index contributed by atoms with van der Waals surface area (Å²) in [6.45, 7) is 0.284. The standard InChI is InChI=1S/C13H15N5O/c19-13(14-8-12-15-17-18-16-12)11-6-5-9-3-1-2-4-10(9)7-11/h5-7H,1-4,8H2,(H,14,19)(H,15,16,17,18). The summed E-state index contributed by atoms with van der Waals surface area (Å²) < 4.78 is 0. The van der Waals surface area contributed by atoms with E-state index in [9.17, 15) is 4.79 Å². The Balaban J connectivity index is 1.69. The molecule has 0 spiro atoms. The molecule has 1 aromatic carbocycles. The number of tetrazole rings is 1. The van der Waals surface area contributed by atoms with Gasteiger partial charge in [-0.2, -0.15) is 5.21 Å². The first kappa shape index (κ1) is 11.8. The third-order valence-electron chi connectivity index (χ3n) is 3.41. The van der Waals surface area contributed by atoms with Gasteiger partial charge >= 0.3 is 0 Å². The molecule has 2 aromatic rings. The molecule has 1 aliphatic carbocycles. The lowest BCUT2D eigenvalue weighted by Crippen LogP contribution is -2.23. The Morgan fingerprint density at radius 1 is 1.26 bits per heavy atom. The third kappa shape index (κ3) is 2.62. The predicted octanol–water partition coefficient (Wildman–Crippen LogP) is 1.01. The number of amides is 1. The van der Waals surface area contributed by atoms with Crippen molar-refractivity contribution in [1.29, 1.82) is 0 Å². The number of nitrogens with zero attached hydrogens (tertiary/aromatic N) is 3. The van der Waals surface area contributed by atoms with Gasteiger partial charge < -0.3 is 5.32 Å². The number of fused-ring (bicyclic) bond motifs is 1. The average molecular weight is 257 g/mol. The zero-order chi connectivity index (χ0) is 13.1. The molecule has 0 unspecified atom stereocenters. The molecule has 0 radical (unpaired) electrons. The minimum Gasteiger partial charge on any atom is -0.345 e. The van der Waals surface area contributed by atoms with Crippen molar-refractivity contribution in [2.45, 2.75) is 32.2 Å². The highest BCUT2D eigenvalue weighted by Gasteiger charge is 2.13. The highest BCUT2D eigenvalue weighted by atomic mass is 16.1. The number of aryl methyl sites for hydroxylation is 2. The number of aromatic nitrogens is 4. The van der Waals surface area contributed by atoms with E-state index < -0.39 is 0 Å². The van der Waals surface area contributed by atoms with E-state index in [4.69, 9.17) is 0 Å². The molecule has 1 aliphatic rings. The molecule has 0 bridgehead atoms. The molecule has 1 aromatic heterocycles. The molecule has 0 saturated carbocycles. The summed E-state index contributed by atoms with van der Waals surface area (Å²) in [6.07, 6.45) is 4.65. The van der Waals surface area contributed by atoms with Crippen LogP contribution in [0.25, 0.3) is 0 Å². The number of carbonyl (C=O) groups excluding carboxylic acids is 1. The molecule has 6 heteroatoms. The van der Waals surface area contributed by atoms with E-state index in [2.05, 4.69) is 32.0 Å². The highest BCUT2D eigenvalue weighted by Crippen LogP contribution is 2.22. The van der Waals surface area contributed by atoms with Gasteiger partial charge in [0.25, 0.3) is 5.91 Å². The van der Waals surface area contributed by atoms with E-state index >= 15 is 0 Å². The molecule has 1 amide bonds. The van der Waals surface area contributed by atoms with Crippen LogP contribution in [0.15, 0.2) is 18.2 Å². The smallest absolute Gasteiger partial charge is 0.251 e. The zero-order valence-electron chi connectivity index (χ0n) is 10.5. The second kappa shape index (κ2) is 5.17. The summed E-state index contributed by atoms with van der Waals surface area (Å²) in [5.41, 5.74) is 3.38. The number of hydrogen-bond acceptors (Lipinski definition) is 4. The predicted molar refractivity (Wildman–Crippen MR) is 68.4 cm³/mol. The lowest BCUT2D eigenvalue weighted by molar-refractivity contribution is 0.0949. The molecule has 0 saturated heterocycles. The Labute approximate surface area is 110 Å². The van der Waals surface area contributed by atoms with Gasteiger partial charge in [-0.05, 0) is 48.9 Å². The summed E-state index contributed by atoms with van der Waals surface area (Å²) in [5, 5.41) is 16.2. The maximum Gasteiger partial charge on any atom is 0.251 e. The van der Waals surface area contributed by atoms with Crippen molar-refractivity contribution in [2.75, 3.05) is 0 Å². The van der Waals surface area contributed by atoms with Gasteiger partial charge in [0.2, 0.25) is 0 Å². The van der Waals surface area contributed by atoms with Crippen molar-refractivity contribution in [3.05, 3.63) is 40.7 Å². The normalized spacial score (nSPS) is 13.9. The Kier molecular flexibility index (Phi) is 3.22. The van der Waals surface area contributed by atoms with Gasteiger partial charge in [-0.3, -0.25) is 4.79 Å². The van der Waals surface area contributed by atoms with Gasteiger partial charge in [0.05, 0.1) is 6.54 Å². The van der Waals surface area contributed by atoms with Crippen LogP contribution in [-0.4, -0.2) is 26.5 Å². The first-order valence-electron chi connectivity index (χ1n) is 6.45. The molecule has 0 atom stereocenters. The molecule has 1 heterocycles. The van der Waals surface area contributed by atoms with Crippen LogP contribution < -0.4 is 5.32 Å². The van der Waals surface area contributed by atoms with E-state index in [-0.39, 0.29) is 12.5 Å². The second-order valence-electron chi connectivity index (χ2n) is 4.70. The highest BCUT2D eigenvalue weighted by molar-refractivity contribution is 5.94.